The van der Waals surface area contributed by atoms with Gasteiger partial charge in [0.1, 0.15) is 18.5 Å². The van der Waals surface area contributed by atoms with Crippen molar-refractivity contribution < 1.29 is 24.9 Å². The predicted octanol–water partition coefficient (Wildman–Crippen LogP) is -1.27. The standard InChI is InChI=1S/C9H12N6O5/c1-4(17)7-11-3-15(12-7)8-5(18)6(19)9(2-16,20-8)13-14-10/h3,5-6,8,16,18-19H,2H2,1H3/t5-,6+,8-,9-/m1/s1. The number of aliphatic hydroxyl groups excluding tert-OH is 3. The fraction of sp³-hybridized carbons (Fsp3) is 0.667. The lowest BCUT2D eigenvalue weighted by molar-refractivity contribution is -0.126. The molecule has 108 valence electrons. The molecule has 0 spiro atoms. The second-order valence-electron chi connectivity index (χ2n) is 4.24. The van der Waals surface area contributed by atoms with E-state index in [1.165, 1.54) is 6.92 Å². The Morgan fingerprint density at radius 1 is 1.70 bits per heavy atom. The van der Waals surface area contributed by atoms with Crippen LogP contribution in [0.15, 0.2) is 11.4 Å². The molecule has 2 heterocycles. The Labute approximate surface area is 112 Å². The average Bonchev–Trinajstić information content (AvgIpc) is 2.99. The third-order valence-corrected chi connectivity index (χ3v) is 2.93. The number of aromatic nitrogens is 3. The molecule has 0 aromatic carbocycles. The predicted molar refractivity (Wildman–Crippen MR) is 61.1 cm³/mol. The van der Waals surface area contributed by atoms with Gasteiger partial charge in [-0.1, -0.05) is 5.11 Å². The maximum atomic E-state index is 11.1. The Hall–Kier alpha value is -2.04. The lowest BCUT2D eigenvalue weighted by Crippen LogP contribution is -2.44. The van der Waals surface area contributed by atoms with Crippen molar-refractivity contribution in [1.29, 1.82) is 0 Å². The van der Waals surface area contributed by atoms with Crippen molar-refractivity contribution in [2.45, 2.75) is 31.1 Å². The second-order valence-corrected chi connectivity index (χ2v) is 4.24. The zero-order valence-electron chi connectivity index (χ0n) is 10.4. The van der Waals surface area contributed by atoms with Crippen molar-refractivity contribution in [3.63, 3.8) is 0 Å². The van der Waals surface area contributed by atoms with Gasteiger partial charge in [-0.05, 0) is 5.53 Å². The van der Waals surface area contributed by atoms with Crippen molar-refractivity contribution in [2.75, 3.05) is 6.61 Å². The number of ketones is 1. The van der Waals surface area contributed by atoms with Crippen LogP contribution < -0.4 is 0 Å². The maximum Gasteiger partial charge on any atom is 0.217 e. The first-order valence-electron chi connectivity index (χ1n) is 5.58. The number of ether oxygens (including phenoxy) is 1. The monoisotopic (exact) mass is 284 g/mol. The lowest BCUT2D eigenvalue weighted by atomic mass is 10.1. The molecule has 3 N–H and O–H groups in total. The van der Waals surface area contributed by atoms with Crippen molar-refractivity contribution in [3.8, 4) is 0 Å². The SMILES string of the molecule is CC(=O)c1ncn([C@@H]2O[C@@](CO)(N=[N+]=[N-])[C@@H](O)[C@H]2O)n1. The molecular formula is C9H12N6O5. The van der Waals surface area contributed by atoms with Crippen LogP contribution in [0.3, 0.4) is 0 Å². The van der Waals surface area contributed by atoms with E-state index in [-0.39, 0.29) is 11.6 Å². The van der Waals surface area contributed by atoms with Crippen LogP contribution in [0.1, 0.15) is 23.8 Å². The van der Waals surface area contributed by atoms with Crippen LogP contribution in [0.25, 0.3) is 10.4 Å². The zero-order chi connectivity index (χ0) is 14.9. The minimum Gasteiger partial charge on any atom is -0.393 e. The van der Waals surface area contributed by atoms with E-state index in [1.807, 2.05) is 0 Å². The van der Waals surface area contributed by atoms with E-state index in [0.717, 1.165) is 11.0 Å². The third kappa shape index (κ3) is 2.13. The first-order valence-corrected chi connectivity index (χ1v) is 5.58. The number of carbonyl (C=O) groups excluding carboxylic acids is 1. The smallest absolute Gasteiger partial charge is 0.217 e. The number of rotatable bonds is 4. The second kappa shape index (κ2) is 5.15. The molecule has 1 aromatic rings. The van der Waals surface area contributed by atoms with Gasteiger partial charge in [-0.3, -0.25) is 4.79 Å². The van der Waals surface area contributed by atoms with Crippen molar-refractivity contribution in [1.82, 2.24) is 14.8 Å². The molecule has 1 fully saturated rings. The molecular weight excluding hydrogens is 272 g/mol. The Bertz CT molecular complexity index is 569. The molecule has 1 aliphatic heterocycles. The summed E-state index contributed by atoms with van der Waals surface area (Å²) < 4.78 is 6.23. The highest BCUT2D eigenvalue weighted by Gasteiger charge is 2.55. The Morgan fingerprint density at radius 3 is 2.90 bits per heavy atom. The number of Topliss-reactive ketones (excluding diaryl/α,β-unsaturated/α-hetero) is 1. The van der Waals surface area contributed by atoms with E-state index in [9.17, 15) is 20.1 Å². The number of carbonyl (C=O) groups is 1. The van der Waals surface area contributed by atoms with E-state index in [1.54, 1.807) is 0 Å². The fourth-order valence-electron chi connectivity index (χ4n) is 1.86. The highest BCUT2D eigenvalue weighted by atomic mass is 16.6. The highest BCUT2D eigenvalue weighted by molar-refractivity contribution is 5.89. The van der Waals surface area contributed by atoms with Crippen LogP contribution in [-0.4, -0.2) is 60.4 Å². The quantitative estimate of drug-likeness (QED) is 0.268. The molecule has 0 radical (unpaired) electrons. The summed E-state index contributed by atoms with van der Waals surface area (Å²) in [6.45, 7) is 0.429. The molecule has 1 aliphatic rings. The molecule has 0 aliphatic carbocycles. The van der Waals surface area contributed by atoms with Gasteiger partial charge in [0.05, 0.1) is 6.61 Å². The van der Waals surface area contributed by atoms with Gasteiger partial charge in [0.15, 0.2) is 12.0 Å². The Balaban J connectivity index is 2.34. The molecule has 20 heavy (non-hydrogen) atoms. The minimum atomic E-state index is -2.01. The van der Waals surface area contributed by atoms with Gasteiger partial charge in [0, 0.05) is 11.8 Å². The Kier molecular flexibility index (Phi) is 3.70. The van der Waals surface area contributed by atoms with Gasteiger partial charge < -0.3 is 20.1 Å². The summed E-state index contributed by atoms with van der Waals surface area (Å²) in [6.07, 6.45) is -3.29. The van der Waals surface area contributed by atoms with E-state index in [0.29, 0.717) is 0 Å². The average molecular weight is 284 g/mol. The van der Waals surface area contributed by atoms with Crippen LogP contribution in [-0.2, 0) is 4.74 Å². The molecule has 2 rings (SSSR count). The molecule has 0 unspecified atom stereocenters. The number of hydrogen-bond donors (Lipinski definition) is 3. The molecule has 11 nitrogen and oxygen atoms in total. The summed E-state index contributed by atoms with van der Waals surface area (Å²) in [5.74, 6) is -0.485. The van der Waals surface area contributed by atoms with Gasteiger partial charge in [-0.2, -0.15) is 0 Å². The minimum absolute atomic E-state index is 0.0967. The molecule has 0 bridgehead atoms. The lowest BCUT2D eigenvalue weighted by Gasteiger charge is -2.23. The normalized spacial score (nSPS) is 32.9. The van der Waals surface area contributed by atoms with Crippen LogP contribution >= 0.6 is 0 Å². The van der Waals surface area contributed by atoms with Gasteiger partial charge in [0.25, 0.3) is 0 Å². The topological polar surface area (TPSA) is 166 Å². The molecule has 11 heteroatoms. The molecule has 0 saturated carbocycles. The van der Waals surface area contributed by atoms with Crippen molar-refractivity contribution in [3.05, 3.63) is 22.6 Å². The summed E-state index contributed by atoms with van der Waals surface area (Å²) in [4.78, 5) is 17.3. The van der Waals surface area contributed by atoms with Gasteiger partial charge >= 0.3 is 0 Å². The number of hydrogen-bond acceptors (Lipinski definition) is 8. The molecule has 4 atom stereocenters. The van der Waals surface area contributed by atoms with Gasteiger partial charge in [0.2, 0.25) is 11.5 Å². The number of aliphatic hydroxyl groups is 3. The van der Waals surface area contributed by atoms with E-state index in [2.05, 4.69) is 20.1 Å². The molecule has 0 amide bonds. The molecule has 1 aromatic heterocycles. The first-order chi connectivity index (χ1) is 9.45. The van der Waals surface area contributed by atoms with Crippen LogP contribution in [0.5, 0.6) is 0 Å². The van der Waals surface area contributed by atoms with Gasteiger partial charge in [-0.15, -0.1) is 5.10 Å². The summed E-state index contributed by atoms with van der Waals surface area (Å²) in [5.41, 5.74) is 6.44. The highest BCUT2D eigenvalue weighted by Crippen LogP contribution is 2.37. The van der Waals surface area contributed by atoms with E-state index in [4.69, 9.17) is 10.3 Å². The fourth-order valence-corrected chi connectivity index (χ4v) is 1.86. The third-order valence-electron chi connectivity index (χ3n) is 2.93. The summed E-state index contributed by atoms with van der Waals surface area (Å²) in [7, 11) is 0. The van der Waals surface area contributed by atoms with Crippen LogP contribution in [0, 0.1) is 0 Å². The number of azide groups is 1. The van der Waals surface area contributed by atoms with Crippen LogP contribution in [0.2, 0.25) is 0 Å². The van der Waals surface area contributed by atoms with E-state index < -0.39 is 30.8 Å². The largest absolute Gasteiger partial charge is 0.393 e. The molecule has 1 saturated heterocycles. The first kappa shape index (κ1) is 14.4. The maximum absolute atomic E-state index is 11.1. The van der Waals surface area contributed by atoms with Crippen molar-refractivity contribution in [2.24, 2.45) is 5.11 Å². The summed E-state index contributed by atoms with van der Waals surface area (Å²) in [5, 5.41) is 36.0. The zero-order valence-corrected chi connectivity index (χ0v) is 10.4. The summed E-state index contributed by atoms with van der Waals surface area (Å²) in [6, 6.07) is 0. The van der Waals surface area contributed by atoms with Crippen LogP contribution in [0.4, 0.5) is 0 Å². The number of nitrogens with zero attached hydrogens (tertiary/aromatic N) is 6. The van der Waals surface area contributed by atoms with E-state index >= 15 is 0 Å². The Morgan fingerprint density at radius 2 is 2.40 bits per heavy atom. The van der Waals surface area contributed by atoms with Gasteiger partial charge in [-0.25, -0.2) is 9.67 Å². The van der Waals surface area contributed by atoms with Crippen molar-refractivity contribution >= 4 is 5.78 Å². The summed E-state index contributed by atoms with van der Waals surface area (Å²) >= 11 is 0.